The van der Waals surface area contributed by atoms with E-state index in [1.165, 1.54) is 12.7 Å². The lowest BCUT2D eigenvalue weighted by Gasteiger charge is -2.12. The van der Waals surface area contributed by atoms with Crippen LogP contribution in [0.3, 0.4) is 0 Å². The van der Waals surface area contributed by atoms with Gasteiger partial charge in [0.2, 0.25) is 0 Å². The normalized spacial score (nSPS) is 10.3. The summed E-state index contributed by atoms with van der Waals surface area (Å²) < 4.78 is 10.3. The van der Waals surface area contributed by atoms with Crippen LogP contribution in [0.5, 0.6) is 11.5 Å². The van der Waals surface area contributed by atoms with Crippen molar-refractivity contribution in [2.45, 2.75) is 20.3 Å². The monoisotopic (exact) mass is 303 g/mol. The van der Waals surface area contributed by atoms with Crippen molar-refractivity contribution in [3.05, 3.63) is 30.4 Å². The second-order valence-corrected chi connectivity index (χ2v) is 4.45. The molecule has 0 aliphatic carbocycles. The number of carbonyl (C=O) groups is 1. The second kappa shape index (κ2) is 7.35. The van der Waals surface area contributed by atoms with E-state index < -0.39 is 0 Å². The van der Waals surface area contributed by atoms with Crippen molar-refractivity contribution in [3.8, 4) is 22.9 Å². The van der Waals surface area contributed by atoms with Gasteiger partial charge in [-0.25, -0.2) is 15.0 Å². The van der Waals surface area contributed by atoms with Gasteiger partial charge in [0.25, 0.3) is 0 Å². The molecule has 0 aliphatic heterocycles. The number of hydrogen-bond acceptors (Lipinski definition) is 7. The summed E-state index contributed by atoms with van der Waals surface area (Å²) in [6.07, 6.45) is 2.88. The average molecular weight is 303 g/mol. The van der Waals surface area contributed by atoms with Crippen LogP contribution >= 0.6 is 0 Å². The summed E-state index contributed by atoms with van der Waals surface area (Å²) in [6.45, 7) is 4.00. The van der Waals surface area contributed by atoms with Crippen LogP contribution in [0, 0.1) is 6.92 Å². The lowest BCUT2D eigenvalue weighted by Crippen LogP contribution is -2.10. The van der Waals surface area contributed by atoms with E-state index in [4.69, 9.17) is 9.47 Å². The minimum Gasteiger partial charge on any atom is -0.507 e. The van der Waals surface area contributed by atoms with E-state index in [0.717, 1.165) is 0 Å². The Bertz CT molecular complexity index is 647. The first-order chi connectivity index (χ1) is 10.6. The van der Waals surface area contributed by atoms with Gasteiger partial charge < -0.3 is 14.6 Å². The van der Waals surface area contributed by atoms with E-state index in [0.29, 0.717) is 29.3 Å². The summed E-state index contributed by atoms with van der Waals surface area (Å²) in [6, 6.07) is 3.37. The van der Waals surface area contributed by atoms with Crippen LogP contribution in [0.4, 0.5) is 0 Å². The van der Waals surface area contributed by atoms with Gasteiger partial charge in [-0.05, 0) is 26.0 Å². The average Bonchev–Trinajstić information content (AvgIpc) is 2.53. The van der Waals surface area contributed by atoms with Gasteiger partial charge in [-0.3, -0.25) is 4.79 Å². The summed E-state index contributed by atoms with van der Waals surface area (Å²) in [4.78, 5) is 23.0. The predicted octanol–water partition coefficient (Wildman–Crippen LogP) is 1.88. The fraction of sp³-hybridized carbons (Fsp3) is 0.333. The highest BCUT2D eigenvalue weighted by atomic mass is 16.5. The molecule has 7 heteroatoms. The van der Waals surface area contributed by atoms with Crippen LogP contribution in [0.25, 0.3) is 11.4 Å². The molecule has 0 amide bonds. The standard InChI is InChI=1S/C15H17N3O4/c1-3-21-13(19)6-7-22-12-5-4-11(14(20)10(12)2)15-17-8-16-9-18-15/h4-5,8-9,20H,3,6-7H2,1-2H3. The van der Waals surface area contributed by atoms with Crippen LogP contribution in [0.15, 0.2) is 24.8 Å². The number of esters is 1. The predicted molar refractivity (Wildman–Crippen MR) is 78.4 cm³/mol. The summed E-state index contributed by atoms with van der Waals surface area (Å²) >= 11 is 0. The zero-order chi connectivity index (χ0) is 15.9. The molecule has 0 spiro atoms. The Kier molecular flexibility index (Phi) is 5.24. The molecule has 0 saturated carbocycles. The number of phenolic OH excluding ortho intramolecular Hbond substituents is 1. The number of aromatic nitrogens is 3. The maximum absolute atomic E-state index is 11.3. The first kappa shape index (κ1) is 15.7. The molecule has 0 aliphatic rings. The number of aromatic hydroxyl groups is 1. The topological polar surface area (TPSA) is 94.4 Å². The van der Waals surface area contributed by atoms with Crippen LogP contribution in [0.1, 0.15) is 18.9 Å². The zero-order valence-electron chi connectivity index (χ0n) is 12.4. The largest absolute Gasteiger partial charge is 0.507 e. The third kappa shape index (κ3) is 3.69. The van der Waals surface area contributed by atoms with Gasteiger partial charge in [0.1, 0.15) is 24.2 Å². The van der Waals surface area contributed by atoms with Crippen molar-refractivity contribution >= 4 is 5.97 Å². The zero-order valence-corrected chi connectivity index (χ0v) is 12.4. The summed E-state index contributed by atoms with van der Waals surface area (Å²) in [5, 5.41) is 10.3. The molecule has 0 radical (unpaired) electrons. The Morgan fingerprint density at radius 2 is 2.00 bits per heavy atom. The molecule has 1 N–H and O–H groups in total. The molecule has 7 nitrogen and oxygen atoms in total. The molecule has 116 valence electrons. The molecule has 1 heterocycles. The molecule has 22 heavy (non-hydrogen) atoms. The summed E-state index contributed by atoms with van der Waals surface area (Å²) in [5.74, 6) is 0.610. The van der Waals surface area contributed by atoms with E-state index in [9.17, 15) is 9.90 Å². The van der Waals surface area contributed by atoms with Gasteiger partial charge in [0.15, 0.2) is 5.82 Å². The molecule has 2 aromatic rings. The van der Waals surface area contributed by atoms with Gasteiger partial charge in [-0.2, -0.15) is 0 Å². The van der Waals surface area contributed by atoms with E-state index in [2.05, 4.69) is 15.0 Å². The third-order valence-electron chi connectivity index (χ3n) is 2.98. The van der Waals surface area contributed by atoms with Gasteiger partial charge in [0.05, 0.1) is 25.2 Å². The number of carbonyl (C=O) groups excluding carboxylic acids is 1. The van der Waals surface area contributed by atoms with E-state index >= 15 is 0 Å². The molecule has 1 aromatic carbocycles. The van der Waals surface area contributed by atoms with Crippen LogP contribution in [-0.4, -0.2) is 39.2 Å². The summed E-state index contributed by atoms with van der Waals surface area (Å²) in [7, 11) is 0. The van der Waals surface area contributed by atoms with Crippen molar-refractivity contribution in [2.75, 3.05) is 13.2 Å². The van der Waals surface area contributed by atoms with Crippen LogP contribution < -0.4 is 4.74 Å². The van der Waals surface area contributed by atoms with Crippen LogP contribution in [-0.2, 0) is 9.53 Å². The fourth-order valence-electron chi connectivity index (χ4n) is 1.87. The number of benzene rings is 1. The number of rotatable bonds is 6. The number of ether oxygens (including phenoxy) is 2. The molecular formula is C15H17N3O4. The van der Waals surface area contributed by atoms with Gasteiger partial charge in [-0.1, -0.05) is 0 Å². The SMILES string of the molecule is CCOC(=O)CCOc1ccc(-c2ncncn2)c(O)c1C. The maximum atomic E-state index is 11.3. The van der Waals surface area contributed by atoms with E-state index in [-0.39, 0.29) is 24.7 Å². The quantitative estimate of drug-likeness (QED) is 0.814. The molecule has 0 bridgehead atoms. The maximum Gasteiger partial charge on any atom is 0.309 e. The molecular weight excluding hydrogens is 286 g/mol. The minimum atomic E-state index is -0.314. The first-order valence-electron chi connectivity index (χ1n) is 6.86. The van der Waals surface area contributed by atoms with Gasteiger partial charge in [-0.15, -0.1) is 0 Å². The van der Waals surface area contributed by atoms with Crippen LogP contribution in [0.2, 0.25) is 0 Å². The smallest absolute Gasteiger partial charge is 0.309 e. The van der Waals surface area contributed by atoms with Crippen molar-refractivity contribution < 1.29 is 19.4 Å². The first-order valence-corrected chi connectivity index (χ1v) is 6.86. The minimum absolute atomic E-state index is 0.0415. The van der Waals surface area contributed by atoms with Crippen molar-refractivity contribution in [3.63, 3.8) is 0 Å². The Labute approximate surface area is 128 Å². The van der Waals surface area contributed by atoms with Gasteiger partial charge in [0, 0.05) is 5.56 Å². The molecule has 2 rings (SSSR count). The fourth-order valence-corrected chi connectivity index (χ4v) is 1.87. The Morgan fingerprint density at radius 3 is 2.68 bits per heavy atom. The van der Waals surface area contributed by atoms with E-state index in [1.807, 2.05) is 0 Å². The molecule has 0 saturated heterocycles. The van der Waals surface area contributed by atoms with Crippen molar-refractivity contribution in [1.29, 1.82) is 0 Å². The molecule has 0 fully saturated rings. The highest BCUT2D eigenvalue weighted by molar-refractivity contribution is 5.70. The Balaban J connectivity index is 2.09. The lowest BCUT2D eigenvalue weighted by atomic mass is 10.1. The lowest BCUT2D eigenvalue weighted by molar-refractivity contribution is -0.143. The van der Waals surface area contributed by atoms with E-state index in [1.54, 1.807) is 26.0 Å². The highest BCUT2D eigenvalue weighted by Crippen LogP contribution is 2.35. The van der Waals surface area contributed by atoms with Crippen molar-refractivity contribution in [2.24, 2.45) is 0 Å². The highest BCUT2D eigenvalue weighted by Gasteiger charge is 2.13. The number of hydrogen-bond donors (Lipinski definition) is 1. The number of phenols is 1. The molecule has 0 unspecified atom stereocenters. The van der Waals surface area contributed by atoms with Gasteiger partial charge >= 0.3 is 5.97 Å². The Hall–Kier alpha value is -2.70. The second-order valence-electron chi connectivity index (χ2n) is 4.45. The number of nitrogens with zero attached hydrogens (tertiary/aromatic N) is 3. The third-order valence-corrected chi connectivity index (χ3v) is 2.98. The molecule has 1 aromatic heterocycles. The van der Waals surface area contributed by atoms with Crippen molar-refractivity contribution in [1.82, 2.24) is 15.0 Å². The summed E-state index contributed by atoms with van der Waals surface area (Å²) in [5.41, 5.74) is 1.06. The molecule has 0 atom stereocenters. The Morgan fingerprint density at radius 1 is 1.27 bits per heavy atom.